The molecule has 0 amide bonds. The molecule has 4 heteroatoms. The van der Waals surface area contributed by atoms with Crippen LogP contribution in [0.4, 0.5) is 0 Å². The summed E-state index contributed by atoms with van der Waals surface area (Å²) in [6.45, 7) is 2.93. The highest BCUT2D eigenvalue weighted by Gasteiger charge is 2.40. The van der Waals surface area contributed by atoms with E-state index >= 15 is 0 Å². The van der Waals surface area contributed by atoms with Crippen LogP contribution in [0.25, 0.3) is 0 Å². The van der Waals surface area contributed by atoms with E-state index in [1.165, 1.54) is 17.8 Å². The van der Waals surface area contributed by atoms with Gasteiger partial charge in [0.2, 0.25) is 0 Å². The molecule has 3 N–H and O–H groups in total. The van der Waals surface area contributed by atoms with Crippen LogP contribution in [0.3, 0.4) is 0 Å². The fourth-order valence-corrected chi connectivity index (χ4v) is 2.18. The van der Waals surface area contributed by atoms with Crippen LogP contribution in [0.15, 0.2) is 11.6 Å². The van der Waals surface area contributed by atoms with Gasteiger partial charge in [0.1, 0.15) is 0 Å². The van der Waals surface area contributed by atoms with Crippen molar-refractivity contribution in [3.8, 4) is 0 Å². The first-order valence-corrected chi connectivity index (χ1v) is 6.02. The minimum absolute atomic E-state index is 0.447. The first kappa shape index (κ1) is 10.1. The topological polar surface area (TPSA) is 50.9 Å². The van der Waals surface area contributed by atoms with Crippen molar-refractivity contribution in [2.24, 2.45) is 11.1 Å². The molecular weight excluding hydrogens is 194 g/mol. The highest BCUT2D eigenvalue weighted by Crippen LogP contribution is 2.43. The molecule has 0 radical (unpaired) electrons. The largest absolute Gasteiger partial charge is 0.330 e. The zero-order chi connectivity index (χ0) is 9.86. The maximum atomic E-state index is 5.70. The van der Waals surface area contributed by atoms with Crippen LogP contribution >= 0.6 is 11.3 Å². The maximum Gasteiger partial charge on any atom is 0.0937 e. The average Bonchev–Trinajstić information content (AvgIpc) is 2.81. The molecule has 0 spiro atoms. The Morgan fingerprint density at radius 3 is 3.00 bits per heavy atom. The monoisotopic (exact) mass is 211 g/mol. The van der Waals surface area contributed by atoms with E-state index in [1.54, 1.807) is 11.3 Å². The molecule has 1 aliphatic rings. The summed E-state index contributed by atoms with van der Waals surface area (Å²) in [7, 11) is 0. The molecule has 3 nitrogen and oxygen atoms in total. The second-order valence-electron chi connectivity index (χ2n) is 4.06. The van der Waals surface area contributed by atoms with Gasteiger partial charge in [-0.15, -0.1) is 11.3 Å². The Kier molecular flexibility index (Phi) is 3.15. The highest BCUT2D eigenvalue weighted by atomic mass is 32.1. The third-order valence-corrected chi connectivity index (χ3v) is 3.73. The predicted molar refractivity (Wildman–Crippen MR) is 59.4 cm³/mol. The van der Waals surface area contributed by atoms with E-state index in [0.29, 0.717) is 5.41 Å². The number of rotatable bonds is 6. The van der Waals surface area contributed by atoms with Gasteiger partial charge in [-0.3, -0.25) is 0 Å². The van der Waals surface area contributed by atoms with Crippen molar-refractivity contribution in [2.75, 3.05) is 19.6 Å². The molecule has 1 fully saturated rings. The Balaban J connectivity index is 1.60. The summed E-state index contributed by atoms with van der Waals surface area (Å²) in [6.07, 6.45) is 5.50. The first-order valence-electron chi connectivity index (χ1n) is 5.14. The third kappa shape index (κ3) is 2.53. The summed E-state index contributed by atoms with van der Waals surface area (Å²) in [5.74, 6) is 0. The van der Waals surface area contributed by atoms with Gasteiger partial charge in [-0.25, -0.2) is 4.98 Å². The van der Waals surface area contributed by atoms with Crippen LogP contribution in [0, 0.1) is 5.41 Å². The van der Waals surface area contributed by atoms with Crippen LogP contribution in [-0.4, -0.2) is 24.6 Å². The fourth-order valence-electron chi connectivity index (χ4n) is 1.56. The Bertz CT molecular complexity index is 267. The number of hydrogen-bond acceptors (Lipinski definition) is 4. The van der Waals surface area contributed by atoms with Crippen LogP contribution in [0.2, 0.25) is 0 Å². The van der Waals surface area contributed by atoms with Gasteiger partial charge in [0.05, 0.1) is 5.01 Å². The van der Waals surface area contributed by atoms with E-state index in [1.807, 2.05) is 11.6 Å². The molecule has 78 valence electrons. The lowest BCUT2D eigenvalue weighted by Gasteiger charge is -2.12. The van der Waals surface area contributed by atoms with E-state index in [4.69, 9.17) is 5.73 Å². The number of nitrogens with one attached hydrogen (secondary N) is 1. The summed E-state index contributed by atoms with van der Waals surface area (Å²) < 4.78 is 0. The number of nitrogens with two attached hydrogens (primary N) is 1. The second-order valence-corrected chi connectivity index (χ2v) is 5.04. The van der Waals surface area contributed by atoms with Crippen molar-refractivity contribution >= 4 is 11.3 Å². The van der Waals surface area contributed by atoms with E-state index < -0.39 is 0 Å². The van der Waals surface area contributed by atoms with Gasteiger partial charge < -0.3 is 11.1 Å². The standard InChI is InChI=1S/C10H17N3S/c11-7-10(2-3-10)8-12-4-1-9-13-5-6-14-9/h5-6,12H,1-4,7-8,11H2. The van der Waals surface area contributed by atoms with E-state index in [-0.39, 0.29) is 0 Å². The summed E-state index contributed by atoms with van der Waals surface area (Å²) in [5.41, 5.74) is 6.14. The van der Waals surface area contributed by atoms with Crippen molar-refractivity contribution in [1.82, 2.24) is 10.3 Å². The van der Waals surface area contributed by atoms with Gasteiger partial charge >= 0.3 is 0 Å². The molecule has 0 saturated heterocycles. The first-order chi connectivity index (χ1) is 6.85. The predicted octanol–water partition coefficient (Wildman–Crippen LogP) is 1.01. The highest BCUT2D eigenvalue weighted by molar-refractivity contribution is 7.09. The summed E-state index contributed by atoms with van der Waals surface area (Å²) in [6, 6.07) is 0. The molecule has 0 atom stereocenters. The maximum absolute atomic E-state index is 5.70. The van der Waals surface area contributed by atoms with Gasteiger partial charge in [0.15, 0.2) is 0 Å². The molecule has 0 aliphatic heterocycles. The number of thiazole rings is 1. The zero-order valence-corrected chi connectivity index (χ0v) is 9.15. The van der Waals surface area contributed by atoms with Gasteiger partial charge in [-0.05, 0) is 24.8 Å². The van der Waals surface area contributed by atoms with Gasteiger partial charge in [0.25, 0.3) is 0 Å². The Morgan fingerprint density at radius 2 is 2.43 bits per heavy atom. The Hall–Kier alpha value is -0.450. The normalized spacial score (nSPS) is 18.4. The number of nitrogens with zero attached hydrogens (tertiary/aromatic N) is 1. The Labute approximate surface area is 88.7 Å². The summed E-state index contributed by atoms with van der Waals surface area (Å²) in [5, 5.41) is 6.71. The molecule has 1 saturated carbocycles. The molecular formula is C10H17N3S. The molecule has 1 aromatic rings. The van der Waals surface area contributed by atoms with E-state index in [2.05, 4.69) is 10.3 Å². The summed E-state index contributed by atoms with van der Waals surface area (Å²) in [4.78, 5) is 4.24. The van der Waals surface area contributed by atoms with Crippen molar-refractivity contribution in [1.29, 1.82) is 0 Å². The lowest BCUT2D eigenvalue weighted by molar-refractivity contribution is 0.470. The molecule has 14 heavy (non-hydrogen) atoms. The fraction of sp³-hybridized carbons (Fsp3) is 0.700. The van der Waals surface area contributed by atoms with Crippen LogP contribution in [0.5, 0.6) is 0 Å². The minimum Gasteiger partial charge on any atom is -0.330 e. The molecule has 2 rings (SSSR count). The van der Waals surface area contributed by atoms with Gasteiger partial charge in [-0.1, -0.05) is 0 Å². The quantitative estimate of drug-likeness (QED) is 0.691. The lowest BCUT2D eigenvalue weighted by atomic mass is 10.1. The zero-order valence-electron chi connectivity index (χ0n) is 8.33. The van der Waals surface area contributed by atoms with Gasteiger partial charge in [-0.2, -0.15) is 0 Å². The average molecular weight is 211 g/mol. The number of aromatic nitrogens is 1. The van der Waals surface area contributed by atoms with Crippen LogP contribution in [-0.2, 0) is 6.42 Å². The molecule has 0 unspecified atom stereocenters. The van der Waals surface area contributed by atoms with Crippen molar-refractivity contribution in [3.63, 3.8) is 0 Å². The minimum atomic E-state index is 0.447. The van der Waals surface area contributed by atoms with Crippen molar-refractivity contribution in [2.45, 2.75) is 19.3 Å². The number of hydrogen-bond donors (Lipinski definition) is 2. The Morgan fingerprint density at radius 1 is 1.57 bits per heavy atom. The van der Waals surface area contributed by atoms with Gasteiger partial charge in [0, 0.05) is 31.1 Å². The lowest BCUT2D eigenvalue weighted by Crippen LogP contribution is -2.30. The smallest absolute Gasteiger partial charge is 0.0937 e. The van der Waals surface area contributed by atoms with E-state index in [9.17, 15) is 0 Å². The third-order valence-electron chi connectivity index (χ3n) is 2.89. The summed E-state index contributed by atoms with van der Waals surface area (Å²) >= 11 is 1.73. The van der Waals surface area contributed by atoms with Crippen molar-refractivity contribution < 1.29 is 0 Å². The molecule has 0 bridgehead atoms. The van der Waals surface area contributed by atoms with E-state index in [0.717, 1.165) is 26.1 Å². The molecule has 1 aliphatic carbocycles. The molecule has 1 heterocycles. The van der Waals surface area contributed by atoms with Crippen LogP contribution < -0.4 is 11.1 Å². The molecule has 1 aromatic heterocycles. The second kappa shape index (κ2) is 4.38. The molecule has 0 aromatic carbocycles. The van der Waals surface area contributed by atoms with Crippen LogP contribution in [0.1, 0.15) is 17.8 Å². The van der Waals surface area contributed by atoms with Crippen molar-refractivity contribution in [3.05, 3.63) is 16.6 Å². The SMILES string of the molecule is NCC1(CNCCc2nccs2)CC1.